The molecule has 1 aliphatic rings. The standard InChI is InChI=1S/C19H21ClN4O2S/c1-19(11-22-18(25)15-8-9-16(20)27-15)10-14(23-26-19)12-4-6-13(7-5-12)17(21)24(2)3/h4-10,21,23H,11H2,1-3H3,(H,22,25). The van der Waals surface area contributed by atoms with Crippen molar-refractivity contribution in [3.63, 3.8) is 0 Å². The van der Waals surface area contributed by atoms with Crippen LogP contribution in [0.4, 0.5) is 0 Å². The van der Waals surface area contributed by atoms with Crippen molar-refractivity contribution < 1.29 is 9.63 Å². The second kappa shape index (κ2) is 7.72. The van der Waals surface area contributed by atoms with E-state index in [1.807, 2.05) is 51.4 Å². The quantitative estimate of drug-likeness (QED) is 0.527. The number of hydroxylamine groups is 1. The van der Waals surface area contributed by atoms with Crippen LogP contribution in [0, 0.1) is 5.41 Å². The molecule has 27 heavy (non-hydrogen) atoms. The Bertz CT molecular complexity index is 891. The lowest BCUT2D eigenvalue weighted by Crippen LogP contribution is -2.40. The number of rotatable bonds is 5. The van der Waals surface area contributed by atoms with E-state index in [4.69, 9.17) is 21.8 Å². The molecule has 0 radical (unpaired) electrons. The summed E-state index contributed by atoms with van der Waals surface area (Å²) in [6.45, 7) is 2.21. The van der Waals surface area contributed by atoms with Gasteiger partial charge in [0.1, 0.15) is 11.4 Å². The minimum Gasteiger partial charge on any atom is -0.363 e. The summed E-state index contributed by atoms with van der Waals surface area (Å²) in [7, 11) is 3.68. The third kappa shape index (κ3) is 4.50. The van der Waals surface area contributed by atoms with Crippen LogP contribution in [-0.2, 0) is 4.84 Å². The Labute approximate surface area is 167 Å². The summed E-state index contributed by atoms with van der Waals surface area (Å²) < 4.78 is 0.582. The first-order valence-electron chi connectivity index (χ1n) is 8.34. The van der Waals surface area contributed by atoms with Gasteiger partial charge in [-0.05, 0) is 30.7 Å². The predicted octanol–water partition coefficient (Wildman–Crippen LogP) is 3.35. The predicted molar refractivity (Wildman–Crippen MR) is 109 cm³/mol. The number of amidine groups is 1. The van der Waals surface area contributed by atoms with Gasteiger partial charge in [-0.3, -0.25) is 20.5 Å². The molecule has 0 saturated carbocycles. The largest absolute Gasteiger partial charge is 0.363 e. The second-order valence-corrected chi connectivity index (χ2v) is 8.40. The van der Waals surface area contributed by atoms with Gasteiger partial charge in [0.05, 0.1) is 21.5 Å². The highest BCUT2D eigenvalue weighted by atomic mass is 35.5. The smallest absolute Gasteiger partial charge is 0.261 e. The zero-order chi connectivity index (χ0) is 19.6. The van der Waals surface area contributed by atoms with E-state index in [0.29, 0.717) is 21.6 Å². The average Bonchev–Trinajstić information content (AvgIpc) is 3.26. The van der Waals surface area contributed by atoms with E-state index in [0.717, 1.165) is 16.8 Å². The number of hydrogen-bond donors (Lipinski definition) is 3. The minimum atomic E-state index is -0.666. The van der Waals surface area contributed by atoms with Gasteiger partial charge in [-0.1, -0.05) is 35.9 Å². The molecule has 0 spiro atoms. The number of amides is 1. The molecule has 0 aliphatic carbocycles. The number of hydrogen-bond acceptors (Lipinski definition) is 5. The molecule has 142 valence electrons. The zero-order valence-electron chi connectivity index (χ0n) is 15.3. The van der Waals surface area contributed by atoms with Crippen LogP contribution < -0.4 is 10.8 Å². The third-order valence-corrected chi connectivity index (χ3v) is 5.39. The Morgan fingerprint density at radius 2 is 2.00 bits per heavy atom. The molecular formula is C19H21ClN4O2S. The van der Waals surface area contributed by atoms with Crippen molar-refractivity contribution in [1.29, 1.82) is 5.41 Å². The van der Waals surface area contributed by atoms with Crippen LogP contribution in [0.3, 0.4) is 0 Å². The maximum atomic E-state index is 12.2. The topological polar surface area (TPSA) is 77.5 Å². The van der Waals surface area contributed by atoms with E-state index in [1.54, 1.807) is 17.0 Å². The first-order valence-corrected chi connectivity index (χ1v) is 9.54. The number of benzene rings is 1. The Kier molecular flexibility index (Phi) is 5.55. The van der Waals surface area contributed by atoms with E-state index in [2.05, 4.69) is 10.8 Å². The van der Waals surface area contributed by atoms with E-state index in [-0.39, 0.29) is 5.91 Å². The molecule has 8 heteroatoms. The Hall–Kier alpha value is -2.35. The number of nitrogens with zero attached hydrogens (tertiary/aromatic N) is 1. The van der Waals surface area contributed by atoms with Gasteiger partial charge < -0.3 is 10.2 Å². The van der Waals surface area contributed by atoms with Gasteiger partial charge in [0.2, 0.25) is 0 Å². The van der Waals surface area contributed by atoms with Crippen molar-refractivity contribution in [2.45, 2.75) is 12.5 Å². The summed E-state index contributed by atoms with van der Waals surface area (Å²) in [5, 5.41) is 10.9. The molecule has 1 aliphatic heterocycles. The SMILES string of the molecule is CN(C)C(=N)c1ccc(C2=CC(C)(CNC(=O)c3ccc(Cl)s3)ON2)cc1. The van der Waals surface area contributed by atoms with Crippen molar-refractivity contribution >= 4 is 40.4 Å². The molecule has 1 atom stereocenters. The van der Waals surface area contributed by atoms with Crippen molar-refractivity contribution in [2.24, 2.45) is 0 Å². The van der Waals surface area contributed by atoms with Crippen LogP contribution in [0.5, 0.6) is 0 Å². The molecule has 2 heterocycles. The fourth-order valence-corrected chi connectivity index (χ4v) is 3.57. The second-order valence-electron chi connectivity index (χ2n) is 6.68. The molecule has 6 nitrogen and oxygen atoms in total. The van der Waals surface area contributed by atoms with Gasteiger partial charge in [0.25, 0.3) is 5.91 Å². The Morgan fingerprint density at radius 3 is 2.59 bits per heavy atom. The van der Waals surface area contributed by atoms with E-state index < -0.39 is 5.60 Å². The summed E-state index contributed by atoms with van der Waals surface area (Å²) in [4.78, 5) is 20.2. The van der Waals surface area contributed by atoms with Crippen LogP contribution in [0.1, 0.15) is 27.7 Å². The highest BCUT2D eigenvalue weighted by Crippen LogP contribution is 2.26. The molecule has 1 aromatic carbocycles. The lowest BCUT2D eigenvalue weighted by atomic mass is 10.0. The summed E-state index contributed by atoms with van der Waals surface area (Å²) in [6, 6.07) is 11.1. The normalized spacial score (nSPS) is 18.6. The number of thiophene rings is 1. The molecule has 1 aromatic heterocycles. The molecule has 1 unspecified atom stereocenters. The molecule has 0 saturated heterocycles. The zero-order valence-corrected chi connectivity index (χ0v) is 16.9. The monoisotopic (exact) mass is 404 g/mol. The Morgan fingerprint density at radius 1 is 1.30 bits per heavy atom. The molecule has 0 bridgehead atoms. The first-order chi connectivity index (χ1) is 12.8. The Balaban J connectivity index is 1.66. The number of carbonyl (C=O) groups excluding carboxylic acids is 1. The molecule has 3 N–H and O–H groups in total. The van der Waals surface area contributed by atoms with Crippen LogP contribution in [0.15, 0.2) is 42.5 Å². The number of halogens is 1. The van der Waals surface area contributed by atoms with Crippen molar-refractivity contribution in [3.05, 3.63) is 62.8 Å². The molecule has 2 aromatic rings. The third-order valence-electron chi connectivity index (χ3n) is 4.16. The van der Waals surface area contributed by atoms with Gasteiger partial charge in [-0.25, -0.2) is 0 Å². The van der Waals surface area contributed by atoms with E-state index in [9.17, 15) is 4.79 Å². The fraction of sp³-hybridized carbons (Fsp3) is 0.263. The van der Waals surface area contributed by atoms with Gasteiger partial charge >= 0.3 is 0 Å². The van der Waals surface area contributed by atoms with Gasteiger partial charge in [0, 0.05) is 19.7 Å². The van der Waals surface area contributed by atoms with Gasteiger partial charge in [0.15, 0.2) is 0 Å². The van der Waals surface area contributed by atoms with E-state index in [1.165, 1.54) is 11.3 Å². The van der Waals surface area contributed by atoms with Crippen molar-refractivity contribution in [2.75, 3.05) is 20.6 Å². The summed E-state index contributed by atoms with van der Waals surface area (Å²) in [5.41, 5.74) is 4.88. The molecule has 3 rings (SSSR count). The van der Waals surface area contributed by atoms with Crippen molar-refractivity contribution in [3.8, 4) is 0 Å². The maximum Gasteiger partial charge on any atom is 0.261 e. The van der Waals surface area contributed by atoms with Crippen LogP contribution in [0.2, 0.25) is 4.34 Å². The van der Waals surface area contributed by atoms with E-state index >= 15 is 0 Å². The summed E-state index contributed by atoms with van der Waals surface area (Å²) in [6.07, 6.45) is 1.95. The highest BCUT2D eigenvalue weighted by Gasteiger charge is 2.31. The average molecular weight is 405 g/mol. The van der Waals surface area contributed by atoms with Crippen LogP contribution in [0.25, 0.3) is 5.70 Å². The fourth-order valence-electron chi connectivity index (χ4n) is 2.61. The first kappa shape index (κ1) is 19.4. The van der Waals surface area contributed by atoms with Crippen LogP contribution in [-0.4, -0.2) is 42.9 Å². The highest BCUT2D eigenvalue weighted by molar-refractivity contribution is 7.17. The molecular weight excluding hydrogens is 384 g/mol. The maximum absolute atomic E-state index is 12.2. The van der Waals surface area contributed by atoms with Gasteiger partial charge in [-0.2, -0.15) is 0 Å². The van der Waals surface area contributed by atoms with Crippen LogP contribution >= 0.6 is 22.9 Å². The number of carbonyl (C=O) groups is 1. The molecule has 1 amide bonds. The minimum absolute atomic E-state index is 0.176. The van der Waals surface area contributed by atoms with Gasteiger partial charge in [-0.15, -0.1) is 11.3 Å². The summed E-state index contributed by atoms with van der Waals surface area (Å²) in [5.74, 6) is 0.275. The molecule has 0 fully saturated rings. The van der Waals surface area contributed by atoms with Crippen molar-refractivity contribution in [1.82, 2.24) is 15.7 Å². The number of nitrogens with one attached hydrogen (secondary N) is 3. The lowest BCUT2D eigenvalue weighted by Gasteiger charge is -2.20. The lowest BCUT2D eigenvalue weighted by molar-refractivity contribution is -0.0194. The summed E-state index contributed by atoms with van der Waals surface area (Å²) >= 11 is 7.11.